The Morgan fingerprint density at radius 3 is 2.46 bits per heavy atom. The second-order valence-electron chi connectivity index (χ2n) is 6.33. The first-order chi connectivity index (χ1) is 11.6. The number of halogens is 1. The Morgan fingerprint density at radius 2 is 1.75 bits per heavy atom. The number of aryl methyl sites for hydroxylation is 1. The number of aromatic nitrogens is 2. The van der Waals surface area contributed by atoms with Crippen molar-refractivity contribution in [1.29, 1.82) is 0 Å². The SMILES string of the molecule is Cc1ccc(-n2ncc3c2CC(c2ccc(Cl)cc2)CC3=O)cc1. The van der Waals surface area contributed by atoms with Gasteiger partial charge < -0.3 is 0 Å². The summed E-state index contributed by atoms with van der Waals surface area (Å²) in [5.74, 6) is 0.331. The quantitative estimate of drug-likeness (QED) is 0.677. The van der Waals surface area contributed by atoms with E-state index >= 15 is 0 Å². The van der Waals surface area contributed by atoms with Gasteiger partial charge in [0.05, 0.1) is 23.1 Å². The molecule has 2 aromatic carbocycles. The molecular formula is C20H17ClN2O. The van der Waals surface area contributed by atoms with Crippen molar-refractivity contribution in [2.75, 3.05) is 0 Å². The van der Waals surface area contributed by atoms with Crippen LogP contribution in [0, 0.1) is 6.92 Å². The molecule has 120 valence electrons. The summed E-state index contributed by atoms with van der Waals surface area (Å²) in [4.78, 5) is 12.6. The molecule has 0 fully saturated rings. The molecule has 0 saturated carbocycles. The number of carbonyl (C=O) groups is 1. The Bertz CT molecular complexity index is 894. The summed E-state index contributed by atoms with van der Waals surface area (Å²) < 4.78 is 1.90. The molecule has 24 heavy (non-hydrogen) atoms. The maximum absolute atomic E-state index is 12.6. The van der Waals surface area contributed by atoms with Gasteiger partial charge in [0.15, 0.2) is 5.78 Å². The summed E-state index contributed by atoms with van der Waals surface area (Å²) in [6.07, 6.45) is 3.03. The second-order valence-corrected chi connectivity index (χ2v) is 6.77. The van der Waals surface area contributed by atoms with Gasteiger partial charge in [-0.25, -0.2) is 4.68 Å². The van der Waals surface area contributed by atoms with Crippen LogP contribution in [0.3, 0.4) is 0 Å². The van der Waals surface area contributed by atoms with Crippen molar-refractivity contribution < 1.29 is 4.79 Å². The van der Waals surface area contributed by atoms with Crippen LogP contribution in [0.4, 0.5) is 0 Å². The zero-order valence-corrected chi connectivity index (χ0v) is 14.1. The molecule has 1 aliphatic rings. The van der Waals surface area contributed by atoms with Crippen LogP contribution in [0.5, 0.6) is 0 Å². The first-order valence-corrected chi connectivity index (χ1v) is 8.42. The summed E-state index contributed by atoms with van der Waals surface area (Å²) in [5, 5.41) is 5.18. The van der Waals surface area contributed by atoms with Crippen LogP contribution in [0.15, 0.2) is 54.7 Å². The number of hydrogen-bond acceptors (Lipinski definition) is 2. The molecule has 3 aromatic rings. The van der Waals surface area contributed by atoms with E-state index in [9.17, 15) is 4.79 Å². The molecule has 4 heteroatoms. The van der Waals surface area contributed by atoms with Gasteiger partial charge in [-0.1, -0.05) is 41.4 Å². The molecule has 1 atom stereocenters. The van der Waals surface area contributed by atoms with Gasteiger partial charge in [0.25, 0.3) is 0 Å². The van der Waals surface area contributed by atoms with Crippen molar-refractivity contribution in [1.82, 2.24) is 9.78 Å². The van der Waals surface area contributed by atoms with Crippen LogP contribution >= 0.6 is 11.6 Å². The zero-order valence-electron chi connectivity index (χ0n) is 13.4. The highest BCUT2D eigenvalue weighted by atomic mass is 35.5. The molecule has 0 saturated heterocycles. The topological polar surface area (TPSA) is 34.9 Å². The molecule has 1 heterocycles. The predicted octanol–water partition coefficient (Wildman–Crippen LogP) is 4.75. The van der Waals surface area contributed by atoms with E-state index in [4.69, 9.17) is 11.6 Å². The fraction of sp³-hybridized carbons (Fsp3) is 0.200. The summed E-state index contributed by atoms with van der Waals surface area (Å²) in [5.41, 5.74) is 5.09. The third kappa shape index (κ3) is 2.65. The largest absolute Gasteiger partial charge is 0.294 e. The minimum absolute atomic E-state index is 0.162. The predicted molar refractivity (Wildman–Crippen MR) is 95.1 cm³/mol. The lowest BCUT2D eigenvalue weighted by atomic mass is 9.82. The van der Waals surface area contributed by atoms with Crippen LogP contribution in [0.25, 0.3) is 5.69 Å². The van der Waals surface area contributed by atoms with E-state index in [0.717, 1.165) is 28.9 Å². The van der Waals surface area contributed by atoms with Gasteiger partial charge in [-0.3, -0.25) is 4.79 Å². The molecule has 4 rings (SSSR count). The Balaban J connectivity index is 1.73. The average Bonchev–Trinajstić information content (AvgIpc) is 3.01. The van der Waals surface area contributed by atoms with Crippen LogP contribution < -0.4 is 0 Å². The van der Waals surface area contributed by atoms with Crippen molar-refractivity contribution in [3.05, 3.63) is 82.1 Å². The standard InChI is InChI=1S/C20H17ClN2O/c1-13-2-8-17(9-3-13)23-19-10-15(11-20(24)18(19)12-22-23)14-4-6-16(21)7-5-14/h2-9,12,15H,10-11H2,1H3. The summed E-state index contributed by atoms with van der Waals surface area (Å²) in [6, 6.07) is 16.0. The fourth-order valence-corrected chi connectivity index (χ4v) is 3.45. The summed E-state index contributed by atoms with van der Waals surface area (Å²) in [7, 11) is 0. The normalized spacial score (nSPS) is 16.9. The van der Waals surface area contributed by atoms with Crippen LogP contribution in [-0.4, -0.2) is 15.6 Å². The zero-order chi connectivity index (χ0) is 16.7. The van der Waals surface area contributed by atoms with E-state index in [1.807, 2.05) is 41.1 Å². The van der Waals surface area contributed by atoms with Crippen molar-refractivity contribution in [2.45, 2.75) is 25.7 Å². The Morgan fingerprint density at radius 1 is 1.04 bits per heavy atom. The Labute approximate surface area is 145 Å². The van der Waals surface area contributed by atoms with Crippen molar-refractivity contribution in [3.63, 3.8) is 0 Å². The van der Waals surface area contributed by atoms with Crippen molar-refractivity contribution in [3.8, 4) is 5.69 Å². The molecule has 3 nitrogen and oxygen atoms in total. The van der Waals surface area contributed by atoms with Gasteiger partial charge in [-0.15, -0.1) is 0 Å². The lowest BCUT2D eigenvalue weighted by molar-refractivity contribution is 0.0964. The molecule has 1 aliphatic carbocycles. The number of benzene rings is 2. The summed E-state index contributed by atoms with van der Waals surface area (Å²) in [6.45, 7) is 2.06. The molecule has 0 spiro atoms. The highest BCUT2D eigenvalue weighted by molar-refractivity contribution is 6.30. The van der Waals surface area contributed by atoms with Gasteiger partial charge in [0.1, 0.15) is 0 Å². The fourth-order valence-electron chi connectivity index (χ4n) is 3.32. The number of nitrogens with zero attached hydrogens (tertiary/aromatic N) is 2. The van der Waals surface area contributed by atoms with E-state index in [1.54, 1.807) is 6.20 Å². The van der Waals surface area contributed by atoms with E-state index < -0.39 is 0 Å². The number of fused-ring (bicyclic) bond motifs is 1. The van der Waals surface area contributed by atoms with Gasteiger partial charge in [-0.2, -0.15) is 5.10 Å². The molecular weight excluding hydrogens is 320 g/mol. The molecule has 1 aromatic heterocycles. The molecule has 0 bridgehead atoms. The maximum atomic E-state index is 12.6. The third-order valence-corrected chi connectivity index (χ3v) is 4.91. The number of carbonyl (C=O) groups excluding carboxylic acids is 1. The number of ketones is 1. The molecule has 0 amide bonds. The van der Waals surface area contributed by atoms with E-state index in [0.29, 0.717) is 11.4 Å². The highest BCUT2D eigenvalue weighted by Gasteiger charge is 2.30. The Hall–Kier alpha value is -2.39. The van der Waals surface area contributed by atoms with Crippen LogP contribution in [-0.2, 0) is 6.42 Å². The van der Waals surface area contributed by atoms with Crippen molar-refractivity contribution >= 4 is 17.4 Å². The lowest BCUT2D eigenvalue weighted by Crippen LogP contribution is -2.20. The minimum atomic E-state index is 0.162. The van der Waals surface area contributed by atoms with Crippen LogP contribution in [0.2, 0.25) is 5.02 Å². The van der Waals surface area contributed by atoms with E-state index in [1.165, 1.54) is 5.56 Å². The molecule has 0 aliphatic heterocycles. The smallest absolute Gasteiger partial charge is 0.166 e. The minimum Gasteiger partial charge on any atom is -0.294 e. The number of rotatable bonds is 2. The first-order valence-electron chi connectivity index (χ1n) is 8.04. The van der Waals surface area contributed by atoms with E-state index in [-0.39, 0.29) is 11.7 Å². The average molecular weight is 337 g/mol. The maximum Gasteiger partial charge on any atom is 0.166 e. The number of Topliss-reactive ketones (excluding diaryl/α,β-unsaturated/α-hetero) is 1. The van der Waals surface area contributed by atoms with Gasteiger partial charge in [0.2, 0.25) is 0 Å². The molecule has 0 radical (unpaired) electrons. The third-order valence-electron chi connectivity index (χ3n) is 4.66. The molecule has 0 N–H and O–H groups in total. The van der Waals surface area contributed by atoms with Gasteiger partial charge in [-0.05, 0) is 49.1 Å². The lowest BCUT2D eigenvalue weighted by Gasteiger charge is -2.23. The van der Waals surface area contributed by atoms with E-state index in [2.05, 4.69) is 24.2 Å². The van der Waals surface area contributed by atoms with Gasteiger partial charge >= 0.3 is 0 Å². The van der Waals surface area contributed by atoms with Crippen LogP contribution in [0.1, 0.15) is 39.5 Å². The van der Waals surface area contributed by atoms with Crippen molar-refractivity contribution in [2.24, 2.45) is 0 Å². The highest BCUT2D eigenvalue weighted by Crippen LogP contribution is 2.34. The number of hydrogen-bond donors (Lipinski definition) is 0. The monoisotopic (exact) mass is 336 g/mol. The summed E-state index contributed by atoms with van der Waals surface area (Å²) >= 11 is 5.98. The molecule has 1 unspecified atom stereocenters. The Kier molecular flexibility index (Phi) is 3.73. The van der Waals surface area contributed by atoms with Gasteiger partial charge in [0, 0.05) is 11.4 Å². The first kappa shape index (κ1) is 15.2. The second kappa shape index (κ2) is 5.91.